The average Bonchev–Trinajstić information content (AvgIpc) is 2.28. The highest BCUT2D eigenvalue weighted by molar-refractivity contribution is 9.09. The molecule has 1 aromatic rings. The second-order valence-electron chi connectivity index (χ2n) is 3.29. The maximum absolute atomic E-state index is 11.5. The zero-order chi connectivity index (χ0) is 12.1. The van der Waals surface area contributed by atoms with Crippen LogP contribution in [0.3, 0.4) is 0 Å². The molecule has 0 amide bonds. The predicted octanol–water partition coefficient (Wildman–Crippen LogP) is 2.68. The summed E-state index contributed by atoms with van der Waals surface area (Å²) in [6.07, 6.45) is 0. The van der Waals surface area contributed by atoms with Crippen LogP contribution >= 0.6 is 15.9 Å². The summed E-state index contributed by atoms with van der Waals surface area (Å²) >= 11 is 3.21. The molecule has 0 aliphatic heterocycles. The van der Waals surface area contributed by atoms with Gasteiger partial charge in [0.05, 0.1) is 6.61 Å². The van der Waals surface area contributed by atoms with Gasteiger partial charge in [0.25, 0.3) is 0 Å². The highest BCUT2D eigenvalue weighted by atomic mass is 79.9. The van der Waals surface area contributed by atoms with Crippen molar-refractivity contribution in [1.29, 1.82) is 0 Å². The minimum atomic E-state index is -0.592. The molecule has 1 aromatic carbocycles. The third-order valence-electron chi connectivity index (χ3n) is 2.04. The van der Waals surface area contributed by atoms with Crippen molar-refractivity contribution >= 4 is 27.5 Å². The summed E-state index contributed by atoms with van der Waals surface area (Å²) in [5.41, 5.74) is 0.728. The molecular formula is C12H13BrO3. The molecule has 1 atom stereocenters. The molecule has 1 rings (SSSR count). The number of carbonyl (C=O) groups is 2. The van der Waals surface area contributed by atoms with Crippen molar-refractivity contribution in [2.24, 2.45) is 0 Å². The Bertz CT molecular complexity index is 401. The van der Waals surface area contributed by atoms with E-state index < -0.39 is 16.4 Å². The number of benzene rings is 1. The third-order valence-corrected chi connectivity index (χ3v) is 2.98. The van der Waals surface area contributed by atoms with Crippen molar-refractivity contribution in [3.8, 4) is 5.75 Å². The van der Waals surface area contributed by atoms with Gasteiger partial charge in [0.1, 0.15) is 10.6 Å². The molecular weight excluding hydrogens is 272 g/mol. The van der Waals surface area contributed by atoms with Crippen LogP contribution in [-0.2, 0) is 9.59 Å². The molecule has 0 heterocycles. The van der Waals surface area contributed by atoms with Gasteiger partial charge in [-0.15, -0.1) is 0 Å². The van der Waals surface area contributed by atoms with Crippen LogP contribution in [0.1, 0.15) is 24.2 Å². The van der Waals surface area contributed by atoms with Crippen molar-refractivity contribution in [3.63, 3.8) is 0 Å². The Hall–Kier alpha value is -1.16. The Labute approximate surface area is 103 Å². The maximum atomic E-state index is 11.5. The van der Waals surface area contributed by atoms with E-state index in [1.165, 1.54) is 6.92 Å². The molecule has 1 unspecified atom stereocenters. The number of hydrogen-bond donors (Lipinski definition) is 0. The summed E-state index contributed by atoms with van der Waals surface area (Å²) in [7, 11) is 0. The fourth-order valence-electron chi connectivity index (χ4n) is 1.26. The summed E-state index contributed by atoms with van der Waals surface area (Å²) in [6.45, 7) is 3.72. The lowest BCUT2D eigenvalue weighted by molar-refractivity contribution is -0.135. The van der Waals surface area contributed by atoms with Crippen molar-refractivity contribution in [2.45, 2.75) is 18.7 Å². The van der Waals surface area contributed by atoms with E-state index in [9.17, 15) is 9.59 Å². The molecule has 4 heteroatoms. The average molecular weight is 285 g/mol. The second-order valence-corrected chi connectivity index (χ2v) is 4.20. The lowest BCUT2D eigenvalue weighted by Crippen LogP contribution is -2.15. The Kier molecular flexibility index (Phi) is 4.68. The van der Waals surface area contributed by atoms with Crippen LogP contribution in [0.25, 0.3) is 0 Å². The topological polar surface area (TPSA) is 43.4 Å². The standard InChI is InChI=1S/C12H13BrO3/c1-3-16-10-6-4-5-9(7-10)11(13)12(15)8(2)14/h4-7,11H,3H2,1-2H3. The number of Topliss-reactive ketones (excluding diaryl/α,β-unsaturated/α-hetero) is 2. The molecule has 0 bridgehead atoms. The SMILES string of the molecule is CCOc1cccc(C(Br)C(=O)C(C)=O)c1. The molecule has 0 aliphatic carbocycles. The Balaban J connectivity index is 2.91. The molecule has 16 heavy (non-hydrogen) atoms. The fraction of sp³-hybridized carbons (Fsp3) is 0.333. The van der Waals surface area contributed by atoms with Gasteiger partial charge in [0.2, 0.25) is 5.78 Å². The van der Waals surface area contributed by atoms with E-state index in [2.05, 4.69) is 15.9 Å². The zero-order valence-corrected chi connectivity index (χ0v) is 10.8. The van der Waals surface area contributed by atoms with Gasteiger partial charge in [-0.1, -0.05) is 28.1 Å². The van der Waals surface area contributed by atoms with Gasteiger partial charge >= 0.3 is 0 Å². The number of carbonyl (C=O) groups excluding carboxylic acids is 2. The van der Waals surface area contributed by atoms with Crippen LogP contribution in [0.5, 0.6) is 5.75 Å². The number of halogens is 1. The smallest absolute Gasteiger partial charge is 0.216 e. The first kappa shape index (κ1) is 12.9. The van der Waals surface area contributed by atoms with Crippen LogP contribution in [0.15, 0.2) is 24.3 Å². The first-order valence-corrected chi connectivity index (χ1v) is 5.89. The normalized spacial score (nSPS) is 11.9. The monoisotopic (exact) mass is 284 g/mol. The largest absolute Gasteiger partial charge is 0.494 e. The van der Waals surface area contributed by atoms with E-state index >= 15 is 0 Å². The molecule has 0 radical (unpaired) electrons. The van der Waals surface area contributed by atoms with Gasteiger partial charge < -0.3 is 4.74 Å². The summed E-state index contributed by atoms with van der Waals surface area (Å²) in [4.78, 5) is 21.8. The van der Waals surface area contributed by atoms with Gasteiger partial charge in [-0.3, -0.25) is 9.59 Å². The first-order valence-electron chi connectivity index (χ1n) is 4.98. The van der Waals surface area contributed by atoms with Crippen LogP contribution < -0.4 is 4.74 Å². The van der Waals surface area contributed by atoms with E-state index in [1.807, 2.05) is 13.0 Å². The van der Waals surface area contributed by atoms with Gasteiger partial charge in [-0.2, -0.15) is 0 Å². The highest BCUT2D eigenvalue weighted by Crippen LogP contribution is 2.27. The highest BCUT2D eigenvalue weighted by Gasteiger charge is 2.21. The van der Waals surface area contributed by atoms with Crippen LogP contribution in [0.4, 0.5) is 0 Å². The fourth-order valence-corrected chi connectivity index (χ4v) is 1.87. The number of rotatable bonds is 5. The van der Waals surface area contributed by atoms with Crippen molar-refractivity contribution in [1.82, 2.24) is 0 Å². The maximum Gasteiger partial charge on any atom is 0.216 e. The van der Waals surface area contributed by atoms with Gasteiger partial charge in [0, 0.05) is 6.92 Å². The van der Waals surface area contributed by atoms with E-state index in [4.69, 9.17) is 4.74 Å². The number of hydrogen-bond acceptors (Lipinski definition) is 3. The lowest BCUT2D eigenvalue weighted by atomic mass is 10.1. The quantitative estimate of drug-likeness (QED) is 0.617. The summed E-state index contributed by atoms with van der Waals surface area (Å²) in [6, 6.07) is 7.14. The van der Waals surface area contributed by atoms with E-state index in [-0.39, 0.29) is 0 Å². The second kappa shape index (κ2) is 5.80. The molecule has 0 aromatic heterocycles. The molecule has 0 N–H and O–H groups in total. The summed E-state index contributed by atoms with van der Waals surface area (Å²) < 4.78 is 5.32. The van der Waals surface area contributed by atoms with E-state index in [0.29, 0.717) is 12.4 Å². The van der Waals surface area contributed by atoms with Crippen LogP contribution in [0, 0.1) is 0 Å². The van der Waals surface area contributed by atoms with E-state index in [1.54, 1.807) is 18.2 Å². The number of ether oxygens (including phenoxy) is 1. The predicted molar refractivity (Wildman–Crippen MR) is 65.0 cm³/mol. The minimum absolute atomic E-state index is 0.450. The number of alkyl halides is 1. The van der Waals surface area contributed by atoms with Gasteiger partial charge in [-0.05, 0) is 24.6 Å². The zero-order valence-electron chi connectivity index (χ0n) is 9.20. The van der Waals surface area contributed by atoms with Crippen molar-refractivity contribution < 1.29 is 14.3 Å². The van der Waals surface area contributed by atoms with Crippen LogP contribution in [0.2, 0.25) is 0 Å². The minimum Gasteiger partial charge on any atom is -0.494 e. The Morgan fingerprint density at radius 3 is 2.69 bits per heavy atom. The third kappa shape index (κ3) is 3.17. The molecule has 3 nitrogen and oxygen atoms in total. The molecule has 86 valence electrons. The van der Waals surface area contributed by atoms with Crippen molar-refractivity contribution in [2.75, 3.05) is 6.61 Å². The lowest BCUT2D eigenvalue weighted by Gasteiger charge is -2.09. The van der Waals surface area contributed by atoms with Gasteiger partial charge in [-0.25, -0.2) is 0 Å². The Morgan fingerprint density at radius 2 is 2.12 bits per heavy atom. The Morgan fingerprint density at radius 1 is 1.44 bits per heavy atom. The van der Waals surface area contributed by atoms with Gasteiger partial charge in [0.15, 0.2) is 5.78 Å². The molecule has 0 saturated heterocycles. The molecule has 0 spiro atoms. The molecule has 0 fully saturated rings. The van der Waals surface area contributed by atoms with E-state index in [0.717, 1.165) is 5.56 Å². The first-order chi connectivity index (χ1) is 7.56. The number of ketones is 2. The molecule has 0 saturated carbocycles. The summed E-state index contributed by atoms with van der Waals surface area (Å²) in [5, 5.41) is 0. The van der Waals surface area contributed by atoms with Crippen molar-refractivity contribution in [3.05, 3.63) is 29.8 Å². The molecule has 0 aliphatic rings. The summed E-state index contributed by atoms with van der Waals surface area (Å²) in [5.74, 6) is -0.210. The van der Waals surface area contributed by atoms with Crippen LogP contribution in [-0.4, -0.2) is 18.2 Å².